The fourth-order valence-corrected chi connectivity index (χ4v) is 3.76. The average molecular weight is 399 g/mol. The summed E-state index contributed by atoms with van der Waals surface area (Å²) in [6.45, 7) is 2.38. The molecule has 0 fully saturated rings. The number of rotatable bonds is 4. The molecule has 0 N–H and O–H groups in total. The quantitative estimate of drug-likeness (QED) is 0.490. The smallest absolute Gasteiger partial charge is 0.230 e. The molecule has 0 aromatic heterocycles. The molecule has 1 atom stereocenters. The predicted octanol–water partition coefficient (Wildman–Crippen LogP) is 5.69. The van der Waals surface area contributed by atoms with Gasteiger partial charge in [-0.05, 0) is 25.1 Å². The van der Waals surface area contributed by atoms with Crippen LogP contribution in [-0.4, -0.2) is 13.8 Å². The van der Waals surface area contributed by atoms with Gasteiger partial charge in [0.2, 0.25) is 13.2 Å². The van der Waals surface area contributed by atoms with Crippen LogP contribution in [-0.2, 0) is 9.09 Å². The topological polar surface area (TPSA) is 35.5 Å². The minimum Gasteiger partial charge on any atom is -0.452 e. The summed E-state index contributed by atoms with van der Waals surface area (Å²) in [5.41, 5.74) is -0.556. The molecule has 0 saturated carbocycles. The molecule has 9 heteroatoms. The molecule has 0 amide bonds. The molecule has 0 radical (unpaired) electrons. The summed E-state index contributed by atoms with van der Waals surface area (Å²) in [6.07, 6.45) is 0. The van der Waals surface area contributed by atoms with Gasteiger partial charge in [-0.15, -0.1) is 0 Å². The third-order valence-corrected chi connectivity index (χ3v) is 6.11. The first kappa shape index (κ1) is 19.1. The third-order valence-electron chi connectivity index (χ3n) is 3.37. The number of ether oxygens (including phenoxy) is 1. The van der Waals surface area contributed by atoms with E-state index in [0.717, 1.165) is 6.92 Å². The first-order valence-electron chi connectivity index (χ1n) is 6.54. The highest BCUT2D eigenvalue weighted by atomic mass is 35.5. The maximum atomic E-state index is 14.0. The van der Waals surface area contributed by atoms with E-state index in [0.29, 0.717) is 0 Å². The van der Waals surface area contributed by atoms with E-state index in [2.05, 4.69) is 0 Å². The largest absolute Gasteiger partial charge is 0.452 e. The van der Waals surface area contributed by atoms with Gasteiger partial charge in [0.1, 0.15) is 10.8 Å². The Hall–Kier alpha value is -1.20. The van der Waals surface area contributed by atoms with E-state index in [9.17, 15) is 17.7 Å². The van der Waals surface area contributed by atoms with Crippen molar-refractivity contribution in [2.24, 2.45) is 0 Å². The molecule has 2 aromatic rings. The van der Waals surface area contributed by atoms with Gasteiger partial charge < -0.3 is 9.26 Å². The van der Waals surface area contributed by atoms with Crippen molar-refractivity contribution in [1.29, 1.82) is 0 Å². The summed E-state index contributed by atoms with van der Waals surface area (Å²) in [7, 11) is -1.99. The highest BCUT2D eigenvalue weighted by molar-refractivity contribution is 7.66. The van der Waals surface area contributed by atoms with E-state index in [1.807, 2.05) is 0 Å². The van der Waals surface area contributed by atoms with Gasteiger partial charge in [0.15, 0.2) is 17.4 Å². The Bertz CT molecular complexity index is 829. The molecule has 0 heterocycles. The zero-order valence-electron chi connectivity index (χ0n) is 12.8. The third kappa shape index (κ3) is 3.42. The van der Waals surface area contributed by atoms with Crippen molar-refractivity contribution in [2.45, 2.75) is 6.92 Å². The van der Waals surface area contributed by atoms with Crippen molar-refractivity contribution in [3.8, 4) is 11.5 Å². The Labute approximate surface area is 146 Å². The summed E-state index contributed by atoms with van der Waals surface area (Å²) in [5.74, 6) is -4.83. The van der Waals surface area contributed by atoms with Crippen LogP contribution in [0.3, 0.4) is 0 Å². The Morgan fingerprint density at radius 2 is 1.71 bits per heavy atom. The maximum Gasteiger partial charge on any atom is 0.230 e. The number of halogens is 5. The van der Waals surface area contributed by atoms with Gasteiger partial charge in [0, 0.05) is 19.3 Å². The fraction of sp³-hybridized carbons (Fsp3) is 0.200. The van der Waals surface area contributed by atoms with E-state index in [-0.39, 0.29) is 16.1 Å². The Balaban J connectivity index is 2.55. The lowest BCUT2D eigenvalue weighted by atomic mass is 10.2. The van der Waals surface area contributed by atoms with Gasteiger partial charge in [-0.2, -0.15) is 4.39 Å². The summed E-state index contributed by atoms with van der Waals surface area (Å²) < 4.78 is 63.9. The van der Waals surface area contributed by atoms with Crippen LogP contribution in [0.4, 0.5) is 13.2 Å². The first-order chi connectivity index (χ1) is 11.1. The monoisotopic (exact) mass is 398 g/mol. The lowest BCUT2D eigenvalue weighted by molar-refractivity contribution is 0.403. The van der Waals surface area contributed by atoms with E-state index in [4.69, 9.17) is 32.5 Å². The Morgan fingerprint density at radius 3 is 2.29 bits per heavy atom. The molecule has 1 unspecified atom stereocenters. The van der Waals surface area contributed by atoms with Crippen molar-refractivity contribution < 1.29 is 27.0 Å². The predicted molar refractivity (Wildman–Crippen MR) is 87.8 cm³/mol. The van der Waals surface area contributed by atoms with Gasteiger partial charge in [-0.1, -0.05) is 23.2 Å². The Kier molecular flexibility index (Phi) is 5.55. The summed E-state index contributed by atoms with van der Waals surface area (Å²) in [4.78, 5) is 0. The molecule has 2 rings (SSSR count). The zero-order chi connectivity index (χ0) is 18.2. The molecule has 0 aliphatic heterocycles. The van der Waals surface area contributed by atoms with Crippen LogP contribution in [0.25, 0.3) is 0 Å². The molecule has 0 aliphatic rings. The Morgan fingerprint density at radius 1 is 1.08 bits per heavy atom. The minimum absolute atomic E-state index is 0.0584. The molecular formula is C15H12Cl2F3O3P. The number of hydrogen-bond acceptors (Lipinski definition) is 3. The maximum absolute atomic E-state index is 14.0. The van der Waals surface area contributed by atoms with Gasteiger partial charge in [-0.3, -0.25) is 4.57 Å². The molecule has 3 nitrogen and oxygen atoms in total. The molecule has 24 heavy (non-hydrogen) atoms. The van der Waals surface area contributed by atoms with Crippen LogP contribution in [0.15, 0.2) is 18.2 Å². The van der Waals surface area contributed by atoms with Crippen molar-refractivity contribution in [3.05, 3.63) is 51.3 Å². The molecule has 0 aliphatic carbocycles. The average Bonchev–Trinajstić information content (AvgIpc) is 2.56. The highest BCUT2D eigenvalue weighted by Gasteiger charge is 2.25. The van der Waals surface area contributed by atoms with Gasteiger partial charge in [0.25, 0.3) is 0 Å². The highest BCUT2D eigenvalue weighted by Crippen LogP contribution is 2.44. The van der Waals surface area contributed by atoms with Crippen LogP contribution in [0.2, 0.25) is 10.0 Å². The molecule has 0 spiro atoms. The van der Waals surface area contributed by atoms with Crippen LogP contribution in [0.1, 0.15) is 5.56 Å². The second kappa shape index (κ2) is 6.96. The molecule has 0 bridgehead atoms. The molecule has 2 aromatic carbocycles. The second-order valence-corrected chi connectivity index (χ2v) is 8.28. The standard InChI is InChI=1S/C15H12Cl2F3O3P/c1-7-12(18)11(17)15(14(20)13(7)19)23-8-4-5-9(16)10(6-8)24(3,21)22-2/h4-6H,1-3H3. The van der Waals surface area contributed by atoms with Crippen LogP contribution in [0, 0.1) is 24.4 Å². The lowest BCUT2D eigenvalue weighted by Crippen LogP contribution is -2.08. The van der Waals surface area contributed by atoms with Gasteiger partial charge >= 0.3 is 0 Å². The van der Waals surface area contributed by atoms with E-state index in [1.54, 1.807) is 0 Å². The normalized spacial score (nSPS) is 13.7. The van der Waals surface area contributed by atoms with E-state index < -0.39 is 41.2 Å². The van der Waals surface area contributed by atoms with Crippen LogP contribution in [0.5, 0.6) is 11.5 Å². The van der Waals surface area contributed by atoms with Gasteiger partial charge in [0.05, 0.1) is 10.3 Å². The lowest BCUT2D eigenvalue weighted by Gasteiger charge is -2.16. The summed E-state index contributed by atoms with van der Waals surface area (Å²) in [6, 6.07) is 3.89. The number of benzene rings is 2. The zero-order valence-corrected chi connectivity index (χ0v) is 15.2. The SMILES string of the molecule is COP(C)(=O)c1cc(Oc2c(F)c(F)c(C)c(F)c2Cl)ccc1Cl. The van der Waals surface area contributed by atoms with Crippen molar-refractivity contribution in [3.63, 3.8) is 0 Å². The van der Waals surface area contributed by atoms with E-state index >= 15 is 0 Å². The molecule has 130 valence electrons. The first-order valence-corrected chi connectivity index (χ1v) is 9.36. The van der Waals surface area contributed by atoms with Crippen molar-refractivity contribution in [1.82, 2.24) is 0 Å². The van der Waals surface area contributed by atoms with Crippen molar-refractivity contribution >= 4 is 35.9 Å². The molecule has 0 saturated heterocycles. The molecular weight excluding hydrogens is 387 g/mol. The fourth-order valence-electron chi connectivity index (χ4n) is 1.89. The van der Waals surface area contributed by atoms with Crippen molar-refractivity contribution in [2.75, 3.05) is 13.8 Å². The number of hydrogen-bond donors (Lipinski definition) is 0. The summed E-state index contributed by atoms with van der Waals surface area (Å²) in [5, 5.41) is -0.439. The van der Waals surface area contributed by atoms with Crippen LogP contribution >= 0.6 is 30.6 Å². The van der Waals surface area contributed by atoms with Gasteiger partial charge in [-0.25, -0.2) is 8.78 Å². The minimum atomic E-state index is -3.23. The van der Waals surface area contributed by atoms with Crippen LogP contribution < -0.4 is 10.0 Å². The van der Waals surface area contributed by atoms with E-state index in [1.165, 1.54) is 32.0 Å². The summed E-state index contributed by atoms with van der Waals surface area (Å²) >= 11 is 11.7. The second-order valence-electron chi connectivity index (χ2n) is 4.95.